The fraction of sp³-hybridized carbons (Fsp3) is 0.500. The van der Waals surface area contributed by atoms with Crippen molar-refractivity contribution in [1.29, 1.82) is 0 Å². The Kier molecular flexibility index (Phi) is 5.90. The SMILES string of the molecule is C=CCn1c(C)cc(C(=O)CN(CC(=O)O)C(C)C)c1C. The van der Waals surface area contributed by atoms with E-state index in [1.165, 1.54) is 0 Å². The molecule has 1 aromatic heterocycles. The zero-order chi connectivity index (χ0) is 16.2. The normalized spacial score (nSPS) is 11.1. The number of nitrogens with zero attached hydrogens (tertiary/aromatic N) is 2. The Morgan fingerprint density at radius 3 is 2.48 bits per heavy atom. The highest BCUT2D eigenvalue weighted by Crippen LogP contribution is 2.16. The van der Waals surface area contributed by atoms with Gasteiger partial charge in [-0.25, -0.2) is 0 Å². The number of ketones is 1. The summed E-state index contributed by atoms with van der Waals surface area (Å²) in [6.45, 7) is 12.0. The molecule has 0 unspecified atom stereocenters. The van der Waals surface area contributed by atoms with Crippen molar-refractivity contribution in [1.82, 2.24) is 9.47 Å². The highest BCUT2D eigenvalue weighted by molar-refractivity contribution is 5.99. The van der Waals surface area contributed by atoms with Crippen LogP contribution >= 0.6 is 0 Å². The number of rotatable bonds is 8. The summed E-state index contributed by atoms with van der Waals surface area (Å²) in [6, 6.07) is 1.86. The first-order chi connectivity index (χ1) is 9.77. The number of Topliss-reactive ketones (excluding diaryl/α,β-unsaturated/α-hetero) is 1. The molecule has 21 heavy (non-hydrogen) atoms. The predicted molar refractivity (Wildman–Crippen MR) is 82.8 cm³/mol. The van der Waals surface area contributed by atoms with Gasteiger partial charge in [-0.1, -0.05) is 6.08 Å². The number of aromatic nitrogens is 1. The summed E-state index contributed by atoms with van der Waals surface area (Å²) in [5.74, 6) is -0.970. The number of aryl methyl sites for hydroxylation is 1. The summed E-state index contributed by atoms with van der Waals surface area (Å²) in [5.41, 5.74) is 2.56. The van der Waals surface area contributed by atoms with Crippen LogP contribution in [0.25, 0.3) is 0 Å². The Morgan fingerprint density at radius 1 is 1.38 bits per heavy atom. The van der Waals surface area contributed by atoms with Gasteiger partial charge in [0.15, 0.2) is 5.78 Å². The predicted octanol–water partition coefficient (Wildman–Crippen LogP) is 2.27. The minimum atomic E-state index is -0.923. The van der Waals surface area contributed by atoms with Crippen LogP contribution in [0.15, 0.2) is 18.7 Å². The largest absolute Gasteiger partial charge is 0.480 e. The minimum absolute atomic E-state index is 0.00159. The number of aliphatic carboxylic acids is 1. The highest BCUT2D eigenvalue weighted by atomic mass is 16.4. The lowest BCUT2D eigenvalue weighted by molar-refractivity contribution is -0.138. The molecule has 5 nitrogen and oxygen atoms in total. The van der Waals surface area contributed by atoms with Crippen LogP contribution in [-0.2, 0) is 11.3 Å². The van der Waals surface area contributed by atoms with Crippen LogP contribution in [0, 0.1) is 13.8 Å². The van der Waals surface area contributed by atoms with Gasteiger partial charge in [-0.15, -0.1) is 6.58 Å². The molecule has 0 aromatic carbocycles. The average molecular weight is 292 g/mol. The third-order valence-electron chi connectivity index (χ3n) is 3.60. The van der Waals surface area contributed by atoms with Crippen molar-refractivity contribution in [2.24, 2.45) is 0 Å². The molecule has 0 bridgehead atoms. The van der Waals surface area contributed by atoms with Gasteiger partial charge in [-0.3, -0.25) is 14.5 Å². The molecule has 5 heteroatoms. The van der Waals surface area contributed by atoms with Crippen LogP contribution in [-0.4, -0.2) is 45.5 Å². The van der Waals surface area contributed by atoms with E-state index in [1.807, 2.05) is 38.3 Å². The van der Waals surface area contributed by atoms with Crippen LogP contribution in [0.4, 0.5) is 0 Å². The number of carboxylic acids is 1. The smallest absolute Gasteiger partial charge is 0.317 e. The number of carboxylic acid groups (broad SMARTS) is 1. The van der Waals surface area contributed by atoms with E-state index in [0.717, 1.165) is 11.4 Å². The number of hydrogen-bond acceptors (Lipinski definition) is 3. The number of hydrogen-bond donors (Lipinski definition) is 1. The molecule has 1 rings (SSSR count). The number of carbonyl (C=O) groups excluding carboxylic acids is 1. The topological polar surface area (TPSA) is 62.5 Å². The molecule has 0 radical (unpaired) electrons. The zero-order valence-corrected chi connectivity index (χ0v) is 13.2. The van der Waals surface area contributed by atoms with Crippen molar-refractivity contribution in [3.63, 3.8) is 0 Å². The van der Waals surface area contributed by atoms with Gasteiger partial charge < -0.3 is 9.67 Å². The van der Waals surface area contributed by atoms with Crippen molar-refractivity contribution in [2.45, 2.75) is 40.3 Å². The molecule has 0 saturated heterocycles. The molecule has 116 valence electrons. The Morgan fingerprint density at radius 2 is 2.00 bits per heavy atom. The average Bonchev–Trinajstić information content (AvgIpc) is 2.65. The Labute approximate surface area is 125 Å². The molecule has 1 aromatic rings. The molecular weight excluding hydrogens is 268 g/mol. The molecule has 0 spiro atoms. The van der Waals surface area contributed by atoms with Crippen LogP contribution in [0.3, 0.4) is 0 Å². The van der Waals surface area contributed by atoms with Gasteiger partial charge in [0.25, 0.3) is 0 Å². The molecule has 0 aliphatic carbocycles. The molecule has 0 fully saturated rings. The van der Waals surface area contributed by atoms with E-state index in [0.29, 0.717) is 12.1 Å². The van der Waals surface area contributed by atoms with Crippen LogP contribution < -0.4 is 0 Å². The highest BCUT2D eigenvalue weighted by Gasteiger charge is 2.21. The second kappa shape index (κ2) is 7.22. The van der Waals surface area contributed by atoms with Gasteiger partial charge in [-0.05, 0) is 33.8 Å². The van der Waals surface area contributed by atoms with Gasteiger partial charge in [0.2, 0.25) is 0 Å². The van der Waals surface area contributed by atoms with Gasteiger partial charge in [0.05, 0.1) is 13.1 Å². The molecule has 0 atom stereocenters. The summed E-state index contributed by atoms with van der Waals surface area (Å²) < 4.78 is 2.02. The van der Waals surface area contributed by atoms with Gasteiger partial charge >= 0.3 is 5.97 Å². The Bertz CT molecular complexity index is 544. The van der Waals surface area contributed by atoms with Crippen molar-refractivity contribution >= 4 is 11.8 Å². The monoisotopic (exact) mass is 292 g/mol. The van der Waals surface area contributed by atoms with Crippen molar-refractivity contribution in [3.8, 4) is 0 Å². The summed E-state index contributed by atoms with van der Waals surface area (Å²) in [7, 11) is 0. The second-order valence-corrected chi connectivity index (χ2v) is 5.50. The Hall–Kier alpha value is -1.88. The third-order valence-corrected chi connectivity index (χ3v) is 3.60. The first-order valence-electron chi connectivity index (χ1n) is 7.04. The van der Waals surface area contributed by atoms with E-state index in [-0.39, 0.29) is 24.9 Å². The molecule has 0 amide bonds. The van der Waals surface area contributed by atoms with E-state index in [1.54, 1.807) is 11.0 Å². The van der Waals surface area contributed by atoms with E-state index in [9.17, 15) is 9.59 Å². The lowest BCUT2D eigenvalue weighted by atomic mass is 10.1. The van der Waals surface area contributed by atoms with Gasteiger partial charge in [0, 0.05) is 29.5 Å². The quantitative estimate of drug-likeness (QED) is 0.590. The van der Waals surface area contributed by atoms with Crippen LogP contribution in [0.1, 0.15) is 35.6 Å². The Balaban J connectivity index is 2.95. The fourth-order valence-electron chi connectivity index (χ4n) is 2.36. The maximum absolute atomic E-state index is 12.5. The molecule has 1 N–H and O–H groups in total. The van der Waals surface area contributed by atoms with Crippen molar-refractivity contribution in [3.05, 3.63) is 35.7 Å². The van der Waals surface area contributed by atoms with Crippen molar-refractivity contribution in [2.75, 3.05) is 13.1 Å². The van der Waals surface area contributed by atoms with Crippen LogP contribution in [0.5, 0.6) is 0 Å². The summed E-state index contributed by atoms with van der Waals surface area (Å²) in [6.07, 6.45) is 1.79. The standard InChI is InChI=1S/C16H24N2O3/c1-6-7-18-12(4)8-14(13(18)5)15(19)9-17(11(2)3)10-16(20)21/h6,8,11H,1,7,9-10H2,2-5H3,(H,20,21). The van der Waals surface area contributed by atoms with Crippen LogP contribution in [0.2, 0.25) is 0 Å². The molecule has 0 saturated carbocycles. The molecule has 0 aliphatic rings. The van der Waals surface area contributed by atoms with E-state index in [4.69, 9.17) is 5.11 Å². The van der Waals surface area contributed by atoms with E-state index < -0.39 is 5.97 Å². The first kappa shape index (κ1) is 17.2. The van der Waals surface area contributed by atoms with Gasteiger partial charge in [0.1, 0.15) is 0 Å². The molecule has 1 heterocycles. The lowest BCUT2D eigenvalue weighted by Gasteiger charge is -2.23. The van der Waals surface area contributed by atoms with E-state index in [2.05, 4.69) is 6.58 Å². The summed E-state index contributed by atoms with van der Waals surface area (Å²) >= 11 is 0. The second-order valence-electron chi connectivity index (χ2n) is 5.50. The number of carbonyl (C=O) groups is 2. The van der Waals surface area contributed by atoms with Gasteiger partial charge in [-0.2, -0.15) is 0 Å². The molecule has 0 aliphatic heterocycles. The lowest BCUT2D eigenvalue weighted by Crippen LogP contribution is -2.39. The minimum Gasteiger partial charge on any atom is -0.480 e. The zero-order valence-electron chi connectivity index (χ0n) is 13.2. The summed E-state index contributed by atoms with van der Waals surface area (Å²) in [4.78, 5) is 25.0. The number of allylic oxidation sites excluding steroid dienone is 1. The molecular formula is C16H24N2O3. The maximum Gasteiger partial charge on any atom is 0.317 e. The third kappa shape index (κ3) is 4.29. The summed E-state index contributed by atoms with van der Waals surface area (Å²) in [5, 5.41) is 8.92. The fourth-order valence-corrected chi connectivity index (χ4v) is 2.36. The van der Waals surface area contributed by atoms with Crippen molar-refractivity contribution < 1.29 is 14.7 Å². The maximum atomic E-state index is 12.5. The first-order valence-corrected chi connectivity index (χ1v) is 7.04. The van der Waals surface area contributed by atoms with E-state index >= 15 is 0 Å².